The van der Waals surface area contributed by atoms with Crippen molar-refractivity contribution in [2.75, 3.05) is 19.6 Å². The van der Waals surface area contributed by atoms with Gasteiger partial charge in [0.15, 0.2) is 0 Å². The molecule has 2 atom stereocenters. The molecule has 0 bridgehead atoms. The van der Waals surface area contributed by atoms with Crippen LogP contribution in [0.5, 0.6) is 0 Å². The number of nitrogens with one attached hydrogen (secondary N) is 2. The average molecular weight is 456 g/mol. The van der Waals surface area contributed by atoms with Crippen LogP contribution in [0.1, 0.15) is 59.7 Å². The first-order valence-electron chi connectivity index (χ1n) is 12.9. The normalized spacial score (nSPS) is 19.6. The number of aryl methyl sites for hydroxylation is 1. The van der Waals surface area contributed by atoms with E-state index in [4.69, 9.17) is 4.98 Å². The molecule has 3 aromatic rings. The van der Waals surface area contributed by atoms with Crippen molar-refractivity contribution in [1.29, 1.82) is 0 Å². The van der Waals surface area contributed by atoms with E-state index >= 15 is 0 Å². The molecule has 0 spiro atoms. The van der Waals surface area contributed by atoms with Crippen LogP contribution in [-0.4, -0.2) is 40.5 Å². The van der Waals surface area contributed by atoms with Gasteiger partial charge in [0.05, 0.1) is 11.7 Å². The first-order valence-corrected chi connectivity index (χ1v) is 12.9. The number of benzene rings is 1. The van der Waals surface area contributed by atoms with Crippen molar-refractivity contribution >= 4 is 0 Å². The van der Waals surface area contributed by atoms with Gasteiger partial charge in [-0.1, -0.05) is 30.3 Å². The molecule has 1 aromatic carbocycles. The van der Waals surface area contributed by atoms with Gasteiger partial charge in [0, 0.05) is 44.3 Å². The summed E-state index contributed by atoms with van der Waals surface area (Å²) in [6.45, 7) is 5.15. The SMILES string of the molecule is c1ccc2c(c1)CN[C@@H](CN(CCCCNCc1ccncc1)[C@H]1CCCc3cccnc31)C2. The zero-order valence-corrected chi connectivity index (χ0v) is 20.1. The zero-order valence-electron chi connectivity index (χ0n) is 20.1. The van der Waals surface area contributed by atoms with E-state index in [0.29, 0.717) is 12.1 Å². The Morgan fingerprint density at radius 2 is 1.79 bits per heavy atom. The molecule has 0 amide bonds. The highest BCUT2D eigenvalue weighted by molar-refractivity contribution is 5.30. The molecule has 34 heavy (non-hydrogen) atoms. The summed E-state index contributed by atoms with van der Waals surface area (Å²) in [4.78, 5) is 11.7. The van der Waals surface area contributed by atoms with E-state index < -0.39 is 0 Å². The molecule has 3 heterocycles. The van der Waals surface area contributed by atoms with E-state index in [1.54, 1.807) is 0 Å². The topological polar surface area (TPSA) is 53.1 Å². The van der Waals surface area contributed by atoms with Crippen molar-refractivity contribution in [3.63, 3.8) is 0 Å². The second-order valence-electron chi connectivity index (χ2n) is 9.74. The van der Waals surface area contributed by atoms with Gasteiger partial charge in [0.2, 0.25) is 0 Å². The van der Waals surface area contributed by atoms with Gasteiger partial charge in [-0.25, -0.2) is 0 Å². The lowest BCUT2D eigenvalue weighted by Gasteiger charge is -2.38. The molecular formula is C29H37N5. The van der Waals surface area contributed by atoms with Gasteiger partial charge in [-0.05, 0) is 92.1 Å². The molecule has 0 saturated heterocycles. The number of unbranched alkanes of at least 4 members (excludes halogenated alkanes) is 1. The molecular weight excluding hydrogens is 418 g/mol. The Balaban J connectivity index is 1.20. The van der Waals surface area contributed by atoms with Crippen LogP contribution < -0.4 is 10.6 Å². The number of aromatic nitrogens is 2. The lowest BCUT2D eigenvalue weighted by atomic mass is 9.89. The third kappa shape index (κ3) is 5.90. The highest BCUT2D eigenvalue weighted by atomic mass is 15.2. The highest BCUT2D eigenvalue weighted by Crippen LogP contribution is 2.33. The summed E-state index contributed by atoms with van der Waals surface area (Å²) < 4.78 is 0. The molecule has 5 rings (SSSR count). The van der Waals surface area contributed by atoms with Crippen molar-refractivity contribution in [2.45, 2.75) is 63.7 Å². The maximum absolute atomic E-state index is 4.86. The summed E-state index contributed by atoms with van der Waals surface area (Å²) in [6, 6.07) is 18.4. The molecule has 1 aliphatic heterocycles. The third-order valence-electron chi connectivity index (χ3n) is 7.35. The number of hydrogen-bond donors (Lipinski definition) is 2. The highest BCUT2D eigenvalue weighted by Gasteiger charge is 2.29. The van der Waals surface area contributed by atoms with Gasteiger partial charge >= 0.3 is 0 Å². The van der Waals surface area contributed by atoms with Gasteiger partial charge < -0.3 is 10.6 Å². The number of pyridine rings is 2. The quantitative estimate of drug-likeness (QED) is 0.443. The van der Waals surface area contributed by atoms with Crippen molar-refractivity contribution < 1.29 is 0 Å². The van der Waals surface area contributed by atoms with Crippen molar-refractivity contribution in [2.24, 2.45) is 0 Å². The molecule has 0 saturated carbocycles. The molecule has 5 heteroatoms. The van der Waals surface area contributed by atoms with Crippen molar-refractivity contribution in [3.8, 4) is 0 Å². The van der Waals surface area contributed by atoms with Crippen molar-refractivity contribution in [1.82, 2.24) is 25.5 Å². The van der Waals surface area contributed by atoms with Crippen molar-refractivity contribution in [3.05, 3.63) is 95.1 Å². The fraction of sp³-hybridized carbons (Fsp3) is 0.448. The monoisotopic (exact) mass is 455 g/mol. The van der Waals surface area contributed by atoms with Crippen LogP contribution in [0.25, 0.3) is 0 Å². The van der Waals surface area contributed by atoms with Crippen LogP contribution in [0.3, 0.4) is 0 Å². The summed E-state index contributed by atoms with van der Waals surface area (Å²) in [6.07, 6.45) is 12.8. The van der Waals surface area contributed by atoms with Crippen LogP contribution in [0.4, 0.5) is 0 Å². The van der Waals surface area contributed by atoms with Crippen LogP contribution in [0.15, 0.2) is 67.1 Å². The summed E-state index contributed by atoms with van der Waals surface area (Å²) in [5.74, 6) is 0. The maximum atomic E-state index is 4.86. The van der Waals surface area contributed by atoms with Gasteiger partial charge in [-0.3, -0.25) is 14.9 Å². The van der Waals surface area contributed by atoms with E-state index in [1.807, 2.05) is 18.6 Å². The predicted molar refractivity (Wildman–Crippen MR) is 137 cm³/mol. The first-order chi connectivity index (χ1) is 16.9. The lowest BCUT2D eigenvalue weighted by Crippen LogP contribution is -2.46. The molecule has 178 valence electrons. The first kappa shape index (κ1) is 23.2. The summed E-state index contributed by atoms with van der Waals surface area (Å²) in [5.41, 5.74) is 7.03. The van der Waals surface area contributed by atoms with Gasteiger partial charge in [-0.15, -0.1) is 0 Å². The second-order valence-corrected chi connectivity index (χ2v) is 9.74. The predicted octanol–water partition coefficient (Wildman–Crippen LogP) is 4.44. The van der Waals surface area contributed by atoms with Gasteiger partial charge in [0.25, 0.3) is 0 Å². The molecule has 2 aromatic heterocycles. The third-order valence-corrected chi connectivity index (χ3v) is 7.35. The Morgan fingerprint density at radius 3 is 2.71 bits per heavy atom. The summed E-state index contributed by atoms with van der Waals surface area (Å²) >= 11 is 0. The van der Waals surface area contributed by atoms with E-state index in [0.717, 1.165) is 39.1 Å². The van der Waals surface area contributed by atoms with Gasteiger partial charge in [-0.2, -0.15) is 0 Å². The molecule has 2 N–H and O–H groups in total. The molecule has 0 unspecified atom stereocenters. The maximum Gasteiger partial charge on any atom is 0.0607 e. The number of hydrogen-bond acceptors (Lipinski definition) is 5. The lowest BCUT2D eigenvalue weighted by molar-refractivity contribution is 0.150. The largest absolute Gasteiger partial charge is 0.313 e. The Kier molecular flexibility index (Phi) is 7.97. The number of rotatable bonds is 10. The Hall–Kier alpha value is -2.60. The smallest absolute Gasteiger partial charge is 0.0607 e. The standard InChI is InChI=1S/C29H37N5/c1-2-8-26-21-33-27(19-25(26)7-1)22-34(28-11-5-9-24-10-6-15-32-29(24)28)18-4-3-14-31-20-23-12-16-30-17-13-23/h1-2,6-8,10,12-13,15-17,27-28,31,33H,3-5,9,11,14,18-22H2/t27-,28+/m1/s1. The summed E-state index contributed by atoms with van der Waals surface area (Å²) in [5, 5.41) is 7.41. The summed E-state index contributed by atoms with van der Waals surface area (Å²) in [7, 11) is 0. The fourth-order valence-corrected chi connectivity index (χ4v) is 5.55. The molecule has 2 aliphatic rings. The van der Waals surface area contributed by atoms with Gasteiger partial charge in [0.1, 0.15) is 0 Å². The molecule has 1 aliphatic carbocycles. The molecule has 5 nitrogen and oxygen atoms in total. The van der Waals surface area contributed by atoms with Crippen LogP contribution in [0, 0.1) is 0 Å². The molecule has 0 fully saturated rings. The van der Waals surface area contributed by atoms with E-state index in [9.17, 15) is 0 Å². The Bertz CT molecular complexity index is 1040. The Morgan fingerprint density at radius 1 is 0.941 bits per heavy atom. The van der Waals surface area contributed by atoms with E-state index in [-0.39, 0.29) is 0 Å². The number of nitrogens with zero attached hydrogens (tertiary/aromatic N) is 3. The van der Waals surface area contributed by atoms with E-state index in [2.05, 4.69) is 69.0 Å². The fourth-order valence-electron chi connectivity index (χ4n) is 5.55. The Labute approximate surface area is 204 Å². The molecule has 0 radical (unpaired) electrons. The van der Waals surface area contributed by atoms with E-state index in [1.165, 1.54) is 60.1 Å². The minimum absolute atomic E-state index is 0.439. The second kappa shape index (κ2) is 11.7. The number of fused-ring (bicyclic) bond motifs is 2. The minimum atomic E-state index is 0.439. The minimum Gasteiger partial charge on any atom is -0.313 e. The zero-order chi connectivity index (χ0) is 23.0. The van der Waals surface area contributed by atoms with Crippen LogP contribution in [0.2, 0.25) is 0 Å². The van der Waals surface area contributed by atoms with Crippen LogP contribution >= 0.6 is 0 Å². The average Bonchev–Trinajstić information content (AvgIpc) is 2.90. The van der Waals surface area contributed by atoms with Crippen LogP contribution in [-0.2, 0) is 25.9 Å².